The Bertz CT molecular complexity index is 647. The molecule has 0 aromatic heterocycles. The first-order chi connectivity index (χ1) is 12.0. The van der Waals surface area contributed by atoms with Gasteiger partial charge in [0.15, 0.2) is 0 Å². The Kier molecular flexibility index (Phi) is 4.44. The summed E-state index contributed by atoms with van der Waals surface area (Å²) in [7, 11) is 0. The molecule has 1 saturated heterocycles. The summed E-state index contributed by atoms with van der Waals surface area (Å²) >= 11 is 0. The Morgan fingerprint density at radius 1 is 1.24 bits per heavy atom. The standard InChI is InChI=1S/C20H27FN2O2/c1-12(22-20(25)19-15-3-2-4-16(15)19)17-11-13(21)5-6-18(17)23-9-7-14(24)8-10-23/h5-6,11-12,14-16,19,24H,2-4,7-10H2,1H3,(H,22,25)/t12-,15-,16-/m0/s1. The number of halogens is 1. The number of anilines is 1. The normalized spacial score (nSPS) is 30.0. The van der Waals surface area contributed by atoms with Gasteiger partial charge in [0.25, 0.3) is 0 Å². The molecule has 0 radical (unpaired) electrons. The number of nitrogens with zero attached hydrogens (tertiary/aromatic N) is 1. The molecule has 1 amide bonds. The Morgan fingerprint density at radius 2 is 1.92 bits per heavy atom. The predicted molar refractivity (Wildman–Crippen MR) is 94.7 cm³/mol. The van der Waals surface area contributed by atoms with Crippen molar-refractivity contribution in [1.29, 1.82) is 0 Å². The minimum Gasteiger partial charge on any atom is -0.393 e. The second-order valence-corrected chi connectivity index (χ2v) is 7.94. The molecule has 1 aromatic carbocycles. The zero-order valence-corrected chi connectivity index (χ0v) is 14.7. The number of fused-ring (bicyclic) bond motifs is 1. The second kappa shape index (κ2) is 6.60. The van der Waals surface area contributed by atoms with Crippen molar-refractivity contribution in [1.82, 2.24) is 5.32 Å². The molecule has 3 fully saturated rings. The van der Waals surface area contributed by atoms with E-state index in [1.807, 2.05) is 6.92 Å². The number of piperidine rings is 1. The summed E-state index contributed by atoms with van der Waals surface area (Å²) in [5, 5.41) is 12.8. The molecular weight excluding hydrogens is 319 g/mol. The molecule has 1 aliphatic heterocycles. The number of amides is 1. The molecule has 1 aromatic rings. The van der Waals surface area contributed by atoms with Gasteiger partial charge in [-0.3, -0.25) is 4.79 Å². The van der Waals surface area contributed by atoms with Crippen LogP contribution in [0.2, 0.25) is 0 Å². The highest BCUT2D eigenvalue weighted by molar-refractivity contribution is 5.83. The Hall–Kier alpha value is -1.62. The van der Waals surface area contributed by atoms with Gasteiger partial charge in [0.1, 0.15) is 5.82 Å². The quantitative estimate of drug-likeness (QED) is 0.881. The van der Waals surface area contributed by atoms with Crippen molar-refractivity contribution in [2.45, 2.75) is 51.2 Å². The highest BCUT2D eigenvalue weighted by Crippen LogP contribution is 2.57. The summed E-state index contributed by atoms with van der Waals surface area (Å²) in [5.74, 6) is 1.20. The second-order valence-electron chi connectivity index (χ2n) is 7.94. The summed E-state index contributed by atoms with van der Waals surface area (Å²) in [6, 6.07) is 4.60. The van der Waals surface area contributed by atoms with Gasteiger partial charge in [-0.2, -0.15) is 0 Å². The van der Waals surface area contributed by atoms with Crippen LogP contribution in [0.4, 0.5) is 10.1 Å². The van der Waals surface area contributed by atoms with E-state index in [9.17, 15) is 14.3 Å². The SMILES string of the molecule is C[C@H](NC(=O)C1[C@H]2CCC[C@H]12)c1cc(F)ccc1N1CCC(O)CC1. The lowest BCUT2D eigenvalue weighted by atomic mass is 10.0. The first-order valence-electron chi connectivity index (χ1n) is 9.57. The molecule has 4 rings (SSSR count). The highest BCUT2D eigenvalue weighted by Gasteiger charge is 2.56. The van der Waals surface area contributed by atoms with Crippen LogP contribution in [-0.4, -0.2) is 30.2 Å². The van der Waals surface area contributed by atoms with E-state index in [-0.39, 0.29) is 29.8 Å². The average Bonchev–Trinajstić information content (AvgIpc) is 3.08. The number of carbonyl (C=O) groups excluding carboxylic acids is 1. The van der Waals surface area contributed by atoms with Gasteiger partial charge in [-0.1, -0.05) is 6.42 Å². The number of aliphatic hydroxyl groups excluding tert-OH is 1. The number of benzene rings is 1. The van der Waals surface area contributed by atoms with Gasteiger partial charge in [0, 0.05) is 30.3 Å². The van der Waals surface area contributed by atoms with E-state index in [1.165, 1.54) is 25.3 Å². The van der Waals surface area contributed by atoms with Crippen molar-refractivity contribution in [3.05, 3.63) is 29.6 Å². The molecule has 136 valence electrons. The number of nitrogens with one attached hydrogen (secondary N) is 1. The lowest BCUT2D eigenvalue weighted by Crippen LogP contribution is -2.37. The topological polar surface area (TPSA) is 52.6 Å². The number of carbonyl (C=O) groups is 1. The molecule has 0 bridgehead atoms. The maximum Gasteiger partial charge on any atom is 0.224 e. The third-order valence-electron chi connectivity index (χ3n) is 6.33. The summed E-state index contributed by atoms with van der Waals surface area (Å²) in [5.41, 5.74) is 1.80. The lowest BCUT2D eigenvalue weighted by Gasteiger charge is -2.34. The summed E-state index contributed by atoms with van der Waals surface area (Å²) in [6.45, 7) is 3.45. The molecule has 1 heterocycles. The van der Waals surface area contributed by atoms with Gasteiger partial charge in [-0.05, 0) is 62.6 Å². The van der Waals surface area contributed by atoms with Crippen LogP contribution in [0.3, 0.4) is 0 Å². The smallest absolute Gasteiger partial charge is 0.224 e. The van der Waals surface area contributed by atoms with Gasteiger partial charge in [0.2, 0.25) is 5.91 Å². The fourth-order valence-electron chi connectivity index (χ4n) is 4.86. The monoisotopic (exact) mass is 346 g/mol. The largest absolute Gasteiger partial charge is 0.393 e. The highest BCUT2D eigenvalue weighted by atomic mass is 19.1. The minimum absolute atomic E-state index is 0.131. The van der Waals surface area contributed by atoms with Crippen molar-refractivity contribution < 1.29 is 14.3 Å². The van der Waals surface area contributed by atoms with E-state index in [0.717, 1.165) is 37.2 Å². The van der Waals surface area contributed by atoms with Crippen LogP contribution >= 0.6 is 0 Å². The summed E-state index contributed by atoms with van der Waals surface area (Å²) in [6.07, 6.45) is 4.82. The van der Waals surface area contributed by atoms with Crippen molar-refractivity contribution in [2.24, 2.45) is 17.8 Å². The first kappa shape index (κ1) is 16.8. The zero-order valence-electron chi connectivity index (χ0n) is 14.7. The molecule has 3 atom stereocenters. The van der Waals surface area contributed by atoms with Crippen LogP contribution in [0.15, 0.2) is 18.2 Å². The van der Waals surface area contributed by atoms with Crippen molar-refractivity contribution in [3.63, 3.8) is 0 Å². The maximum absolute atomic E-state index is 13.9. The minimum atomic E-state index is -0.278. The van der Waals surface area contributed by atoms with Gasteiger partial charge < -0.3 is 15.3 Å². The predicted octanol–water partition coefficient (Wildman–Crippen LogP) is 3.01. The van der Waals surface area contributed by atoms with E-state index in [0.29, 0.717) is 11.8 Å². The zero-order chi connectivity index (χ0) is 17.6. The fourth-order valence-corrected chi connectivity index (χ4v) is 4.86. The average molecular weight is 346 g/mol. The third kappa shape index (κ3) is 3.26. The van der Waals surface area contributed by atoms with Crippen LogP contribution in [0, 0.1) is 23.6 Å². The maximum atomic E-state index is 13.9. The molecule has 25 heavy (non-hydrogen) atoms. The number of hydrogen-bond donors (Lipinski definition) is 2. The Balaban J connectivity index is 1.48. The Labute approximate surface area is 148 Å². The fraction of sp³-hybridized carbons (Fsp3) is 0.650. The van der Waals surface area contributed by atoms with Crippen LogP contribution < -0.4 is 10.2 Å². The van der Waals surface area contributed by atoms with Crippen molar-refractivity contribution in [3.8, 4) is 0 Å². The van der Waals surface area contributed by atoms with Crippen LogP contribution in [0.5, 0.6) is 0 Å². The van der Waals surface area contributed by atoms with E-state index in [2.05, 4.69) is 10.2 Å². The van der Waals surface area contributed by atoms with Crippen LogP contribution in [-0.2, 0) is 4.79 Å². The molecule has 0 spiro atoms. The van der Waals surface area contributed by atoms with Crippen molar-refractivity contribution in [2.75, 3.05) is 18.0 Å². The van der Waals surface area contributed by atoms with Gasteiger partial charge in [-0.15, -0.1) is 0 Å². The molecule has 2 saturated carbocycles. The van der Waals surface area contributed by atoms with E-state index < -0.39 is 0 Å². The van der Waals surface area contributed by atoms with Crippen LogP contribution in [0.25, 0.3) is 0 Å². The van der Waals surface area contributed by atoms with E-state index in [4.69, 9.17) is 0 Å². The van der Waals surface area contributed by atoms with Gasteiger partial charge in [-0.25, -0.2) is 4.39 Å². The first-order valence-corrected chi connectivity index (χ1v) is 9.57. The number of rotatable bonds is 4. The third-order valence-corrected chi connectivity index (χ3v) is 6.33. The molecule has 3 aliphatic rings. The lowest BCUT2D eigenvalue weighted by molar-refractivity contribution is -0.123. The molecule has 2 N–H and O–H groups in total. The van der Waals surface area contributed by atoms with E-state index >= 15 is 0 Å². The summed E-state index contributed by atoms with van der Waals surface area (Å²) < 4.78 is 13.9. The van der Waals surface area contributed by atoms with E-state index in [1.54, 1.807) is 12.1 Å². The van der Waals surface area contributed by atoms with Crippen molar-refractivity contribution >= 4 is 11.6 Å². The number of aliphatic hydroxyl groups is 1. The molecule has 0 unspecified atom stereocenters. The van der Waals surface area contributed by atoms with Gasteiger partial charge in [0.05, 0.1) is 12.1 Å². The van der Waals surface area contributed by atoms with Crippen LogP contribution in [0.1, 0.15) is 50.6 Å². The molecule has 2 aliphatic carbocycles. The number of hydrogen-bond acceptors (Lipinski definition) is 3. The molecule has 4 nitrogen and oxygen atoms in total. The Morgan fingerprint density at radius 3 is 2.60 bits per heavy atom. The molecular formula is C20H27FN2O2. The summed E-state index contributed by atoms with van der Waals surface area (Å²) in [4.78, 5) is 14.8. The molecule has 5 heteroatoms. The van der Waals surface area contributed by atoms with Gasteiger partial charge >= 0.3 is 0 Å².